The SMILES string of the molecule is Cl.NC(=O)C(N)C(N)=NCc1ccccc1. The van der Waals surface area contributed by atoms with Crippen molar-refractivity contribution < 1.29 is 4.79 Å². The van der Waals surface area contributed by atoms with Crippen LogP contribution in [0.1, 0.15) is 5.56 Å². The number of nitrogens with zero attached hydrogens (tertiary/aromatic N) is 1. The fourth-order valence-electron chi connectivity index (χ4n) is 1.01. The van der Waals surface area contributed by atoms with E-state index in [4.69, 9.17) is 17.2 Å². The zero-order valence-corrected chi connectivity index (χ0v) is 9.48. The third-order valence-electron chi connectivity index (χ3n) is 1.91. The first-order valence-corrected chi connectivity index (χ1v) is 4.50. The maximum atomic E-state index is 10.7. The van der Waals surface area contributed by atoms with E-state index >= 15 is 0 Å². The topological polar surface area (TPSA) is 107 Å². The summed E-state index contributed by atoms with van der Waals surface area (Å²) in [6, 6.07) is 8.52. The Morgan fingerprint density at radius 3 is 2.31 bits per heavy atom. The molecule has 5 nitrogen and oxygen atoms in total. The van der Waals surface area contributed by atoms with Gasteiger partial charge in [0.05, 0.1) is 6.54 Å². The van der Waals surface area contributed by atoms with Gasteiger partial charge in [-0.15, -0.1) is 12.4 Å². The molecule has 0 aromatic heterocycles. The molecule has 0 aliphatic rings. The molecule has 88 valence electrons. The Hall–Kier alpha value is -1.59. The lowest BCUT2D eigenvalue weighted by atomic mass is 10.2. The first-order chi connectivity index (χ1) is 7.11. The van der Waals surface area contributed by atoms with Crippen molar-refractivity contribution in [3.63, 3.8) is 0 Å². The third-order valence-corrected chi connectivity index (χ3v) is 1.91. The number of amidine groups is 1. The van der Waals surface area contributed by atoms with Crippen molar-refractivity contribution in [3.8, 4) is 0 Å². The van der Waals surface area contributed by atoms with Gasteiger partial charge in [0.1, 0.15) is 11.9 Å². The number of carbonyl (C=O) groups excluding carboxylic acids is 1. The number of benzene rings is 1. The summed E-state index contributed by atoms with van der Waals surface area (Å²) in [6.45, 7) is 0.396. The van der Waals surface area contributed by atoms with Gasteiger partial charge in [0.2, 0.25) is 5.91 Å². The van der Waals surface area contributed by atoms with Gasteiger partial charge in [0, 0.05) is 0 Å². The average molecular weight is 243 g/mol. The number of rotatable bonds is 4. The number of nitrogens with two attached hydrogens (primary N) is 3. The lowest BCUT2D eigenvalue weighted by Crippen LogP contribution is -2.47. The van der Waals surface area contributed by atoms with E-state index in [-0.39, 0.29) is 18.2 Å². The fraction of sp³-hybridized carbons (Fsp3) is 0.200. The number of primary amides is 1. The van der Waals surface area contributed by atoms with Crippen LogP contribution in [0.25, 0.3) is 0 Å². The van der Waals surface area contributed by atoms with E-state index in [0.29, 0.717) is 6.54 Å². The lowest BCUT2D eigenvalue weighted by molar-refractivity contribution is -0.117. The summed E-state index contributed by atoms with van der Waals surface area (Å²) in [4.78, 5) is 14.7. The second-order valence-corrected chi connectivity index (χ2v) is 3.11. The van der Waals surface area contributed by atoms with Crippen molar-refractivity contribution in [2.24, 2.45) is 22.2 Å². The first kappa shape index (κ1) is 14.4. The molecule has 0 saturated heterocycles. The highest BCUT2D eigenvalue weighted by Gasteiger charge is 2.12. The van der Waals surface area contributed by atoms with Crippen LogP contribution in [0.5, 0.6) is 0 Å². The minimum atomic E-state index is -1.01. The Balaban J connectivity index is 0.00000225. The van der Waals surface area contributed by atoms with Crippen molar-refractivity contribution in [1.82, 2.24) is 0 Å². The quantitative estimate of drug-likeness (QED) is 0.502. The smallest absolute Gasteiger partial charge is 0.242 e. The molecule has 0 saturated carbocycles. The average Bonchev–Trinajstić information content (AvgIpc) is 2.26. The molecule has 6 N–H and O–H groups in total. The molecule has 1 atom stereocenters. The number of hydrogen-bond acceptors (Lipinski definition) is 3. The number of carbonyl (C=O) groups is 1. The first-order valence-electron chi connectivity index (χ1n) is 4.50. The summed E-state index contributed by atoms with van der Waals surface area (Å²) in [5.74, 6) is -0.615. The summed E-state index contributed by atoms with van der Waals surface area (Å²) in [7, 11) is 0. The summed E-state index contributed by atoms with van der Waals surface area (Å²) in [5, 5.41) is 0. The largest absolute Gasteiger partial charge is 0.386 e. The van der Waals surface area contributed by atoms with Gasteiger partial charge < -0.3 is 17.2 Å². The van der Waals surface area contributed by atoms with Crippen LogP contribution >= 0.6 is 12.4 Å². The zero-order chi connectivity index (χ0) is 11.3. The summed E-state index contributed by atoms with van der Waals surface area (Å²) < 4.78 is 0. The molecule has 0 heterocycles. The molecule has 0 radical (unpaired) electrons. The van der Waals surface area contributed by atoms with Crippen LogP contribution in [0.15, 0.2) is 35.3 Å². The summed E-state index contributed by atoms with van der Waals surface area (Å²) in [6.07, 6.45) is 0. The van der Waals surface area contributed by atoms with E-state index in [2.05, 4.69) is 4.99 Å². The number of hydrogen-bond donors (Lipinski definition) is 3. The van der Waals surface area contributed by atoms with Gasteiger partial charge in [0.25, 0.3) is 0 Å². The maximum Gasteiger partial charge on any atom is 0.242 e. The normalized spacial score (nSPS) is 12.7. The second kappa shape index (κ2) is 6.81. The van der Waals surface area contributed by atoms with E-state index < -0.39 is 11.9 Å². The van der Waals surface area contributed by atoms with Gasteiger partial charge >= 0.3 is 0 Å². The molecular formula is C10H15ClN4O. The molecule has 0 spiro atoms. The van der Waals surface area contributed by atoms with E-state index in [1.165, 1.54) is 0 Å². The van der Waals surface area contributed by atoms with Crippen molar-refractivity contribution in [2.75, 3.05) is 0 Å². The molecule has 6 heteroatoms. The monoisotopic (exact) mass is 242 g/mol. The van der Waals surface area contributed by atoms with Gasteiger partial charge in [-0.25, -0.2) is 0 Å². The Morgan fingerprint density at radius 1 is 1.25 bits per heavy atom. The molecule has 1 amide bonds. The van der Waals surface area contributed by atoms with E-state index in [0.717, 1.165) is 5.56 Å². The van der Waals surface area contributed by atoms with Crippen LogP contribution in [-0.4, -0.2) is 17.8 Å². The van der Waals surface area contributed by atoms with Gasteiger partial charge in [-0.2, -0.15) is 0 Å². The molecule has 0 aliphatic heterocycles. The zero-order valence-electron chi connectivity index (χ0n) is 8.67. The van der Waals surface area contributed by atoms with Crippen molar-refractivity contribution in [3.05, 3.63) is 35.9 Å². The molecule has 0 fully saturated rings. The lowest BCUT2D eigenvalue weighted by Gasteiger charge is -2.06. The van der Waals surface area contributed by atoms with E-state index in [1.807, 2.05) is 30.3 Å². The Bertz CT molecular complexity index is 366. The number of aliphatic imine (C=N–C) groups is 1. The highest BCUT2D eigenvalue weighted by molar-refractivity contribution is 6.05. The maximum absolute atomic E-state index is 10.7. The molecular weight excluding hydrogens is 228 g/mol. The molecule has 1 aromatic rings. The van der Waals surface area contributed by atoms with Crippen LogP contribution < -0.4 is 17.2 Å². The predicted molar refractivity (Wildman–Crippen MR) is 66.2 cm³/mol. The van der Waals surface area contributed by atoms with Crippen LogP contribution in [0.4, 0.5) is 0 Å². The van der Waals surface area contributed by atoms with E-state index in [1.54, 1.807) is 0 Å². The van der Waals surface area contributed by atoms with Crippen molar-refractivity contribution in [2.45, 2.75) is 12.6 Å². The second-order valence-electron chi connectivity index (χ2n) is 3.11. The van der Waals surface area contributed by atoms with Crippen LogP contribution in [0.3, 0.4) is 0 Å². The minimum Gasteiger partial charge on any atom is -0.386 e. The van der Waals surface area contributed by atoms with E-state index in [9.17, 15) is 4.79 Å². The van der Waals surface area contributed by atoms with Crippen LogP contribution in [0, 0.1) is 0 Å². The van der Waals surface area contributed by atoms with Crippen molar-refractivity contribution >= 4 is 24.1 Å². The number of halogens is 1. The van der Waals surface area contributed by atoms with Gasteiger partial charge in [-0.1, -0.05) is 30.3 Å². The highest BCUT2D eigenvalue weighted by atomic mass is 35.5. The highest BCUT2D eigenvalue weighted by Crippen LogP contribution is 2.00. The summed E-state index contributed by atoms with van der Waals surface area (Å²) >= 11 is 0. The van der Waals surface area contributed by atoms with Crippen LogP contribution in [0.2, 0.25) is 0 Å². The molecule has 1 unspecified atom stereocenters. The Kier molecular flexibility index (Phi) is 6.14. The molecule has 1 rings (SSSR count). The summed E-state index contributed by atoms with van der Waals surface area (Å²) in [5.41, 5.74) is 16.9. The molecule has 0 bridgehead atoms. The predicted octanol–water partition coefficient (Wildman–Crippen LogP) is -0.222. The fourth-order valence-corrected chi connectivity index (χ4v) is 1.01. The Morgan fingerprint density at radius 2 is 1.81 bits per heavy atom. The third kappa shape index (κ3) is 4.29. The molecule has 16 heavy (non-hydrogen) atoms. The van der Waals surface area contributed by atoms with Gasteiger partial charge in [0.15, 0.2) is 0 Å². The molecule has 0 aliphatic carbocycles. The van der Waals surface area contributed by atoms with Gasteiger partial charge in [-0.05, 0) is 5.56 Å². The van der Waals surface area contributed by atoms with Crippen molar-refractivity contribution in [1.29, 1.82) is 0 Å². The standard InChI is InChI=1S/C10H14N4O.ClH/c11-8(10(13)15)9(12)14-6-7-4-2-1-3-5-7;/h1-5,8H,6,11H2,(H2,12,14)(H2,13,15);1H. The number of amides is 1. The minimum absolute atomic E-state index is 0. The van der Waals surface area contributed by atoms with Gasteiger partial charge in [-0.3, -0.25) is 9.79 Å². The Labute approximate surface area is 100 Å². The van der Waals surface area contributed by atoms with Crippen LogP contribution in [-0.2, 0) is 11.3 Å². The molecule has 1 aromatic carbocycles.